The Hall–Kier alpha value is -2.60. The van der Waals surface area contributed by atoms with Crippen LogP contribution in [-0.4, -0.2) is 40.6 Å². The van der Waals surface area contributed by atoms with Crippen molar-refractivity contribution in [3.05, 3.63) is 47.8 Å². The van der Waals surface area contributed by atoms with Gasteiger partial charge >= 0.3 is 0 Å². The van der Waals surface area contributed by atoms with Gasteiger partial charge in [-0.25, -0.2) is 0 Å². The lowest BCUT2D eigenvalue weighted by molar-refractivity contribution is 0.101. The average molecular weight is 341 g/mol. The van der Waals surface area contributed by atoms with Gasteiger partial charge in [-0.3, -0.25) is 9.59 Å². The van der Waals surface area contributed by atoms with Crippen LogP contribution in [0.1, 0.15) is 40.6 Å². The summed E-state index contributed by atoms with van der Waals surface area (Å²) in [5, 5.41) is 12.6. The number of para-hydroxylation sites is 2. The quantitative estimate of drug-likeness (QED) is 0.838. The molecule has 0 saturated carbocycles. The van der Waals surface area contributed by atoms with Crippen molar-refractivity contribution >= 4 is 23.1 Å². The number of aliphatic hydroxyl groups excluding tert-OH is 1. The van der Waals surface area contributed by atoms with Crippen molar-refractivity contribution < 1.29 is 14.7 Å². The van der Waals surface area contributed by atoms with E-state index in [1.54, 1.807) is 23.9 Å². The average Bonchev–Trinajstić information content (AvgIpc) is 2.98. The summed E-state index contributed by atoms with van der Waals surface area (Å²) in [6.07, 6.45) is 2.87. The van der Waals surface area contributed by atoms with E-state index in [9.17, 15) is 14.7 Å². The Morgan fingerprint density at radius 3 is 2.52 bits per heavy atom. The molecule has 1 aliphatic rings. The number of Topliss-reactive ketones (excluding diaryl/α,β-unsaturated/α-hetero) is 1. The maximum atomic E-state index is 12.7. The van der Waals surface area contributed by atoms with Crippen LogP contribution in [-0.2, 0) is 7.05 Å². The van der Waals surface area contributed by atoms with E-state index in [1.807, 2.05) is 24.3 Å². The molecule has 1 amide bonds. The van der Waals surface area contributed by atoms with Gasteiger partial charge in [0.25, 0.3) is 5.91 Å². The Balaban J connectivity index is 1.81. The Morgan fingerprint density at radius 2 is 1.88 bits per heavy atom. The van der Waals surface area contributed by atoms with Crippen LogP contribution in [0, 0.1) is 0 Å². The largest absolute Gasteiger partial charge is 0.393 e. The summed E-state index contributed by atoms with van der Waals surface area (Å²) in [6, 6.07) is 9.26. The Morgan fingerprint density at radius 1 is 1.20 bits per heavy atom. The lowest BCUT2D eigenvalue weighted by Crippen LogP contribution is -2.36. The highest BCUT2D eigenvalue weighted by Crippen LogP contribution is 2.28. The third-order valence-corrected chi connectivity index (χ3v) is 4.60. The molecule has 2 N–H and O–H groups in total. The first-order valence-electron chi connectivity index (χ1n) is 8.46. The van der Waals surface area contributed by atoms with Crippen LogP contribution in [0.4, 0.5) is 11.4 Å². The summed E-state index contributed by atoms with van der Waals surface area (Å²) < 4.78 is 1.66. The smallest absolute Gasteiger partial charge is 0.272 e. The van der Waals surface area contributed by atoms with E-state index in [-0.39, 0.29) is 17.8 Å². The number of hydrogen-bond donors (Lipinski definition) is 2. The van der Waals surface area contributed by atoms with Crippen LogP contribution in [0.3, 0.4) is 0 Å². The number of nitrogens with zero attached hydrogens (tertiary/aromatic N) is 2. The number of hydrogen-bond acceptors (Lipinski definition) is 4. The van der Waals surface area contributed by atoms with Crippen LogP contribution in [0.5, 0.6) is 0 Å². The molecule has 132 valence electrons. The molecule has 2 aromatic rings. The molecule has 0 spiro atoms. The summed E-state index contributed by atoms with van der Waals surface area (Å²) in [5.41, 5.74) is 2.64. The number of benzene rings is 1. The fourth-order valence-electron chi connectivity index (χ4n) is 3.13. The minimum absolute atomic E-state index is 0.0677. The zero-order valence-electron chi connectivity index (χ0n) is 14.5. The van der Waals surface area contributed by atoms with Gasteiger partial charge in [0.1, 0.15) is 5.69 Å². The minimum atomic E-state index is -0.250. The molecule has 2 heterocycles. The van der Waals surface area contributed by atoms with Gasteiger partial charge in [-0.15, -0.1) is 0 Å². The van der Waals surface area contributed by atoms with E-state index in [2.05, 4.69) is 10.2 Å². The molecule has 1 fully saturated rings. The van der Waals surface area contributed by atoms with Crippen molar-refractivity contribution in [3.8, 4) is 0 Å². The number of nitrogens with one attached hydrogen (secondary N) is 1. The number of carbonyl (C=O) groups is 2. The standard InChI is InChI=1S/C19H23N3O3/c1-13(23)14-11-18(21(2)12-14)19(25)20-16-5-3-4-6-17(16)22-9-7-15(24)8-10-22/h3-6,11-12,15,24H,7-10H2,1-2H3,(H,20,25). The summed E-state index contributed by atoms with van der Waals surface area (Å²) in [5.74, 6) is -0.318. The van der Waals surface area contributed by atoms with Gasteiger partial charge in [-0.05, 0) is 38.0 Å². The Kier molecular flexibility index (Phi) is 4.90. The second-order valence-electron chi connectivity index (χ2n) is 6.47. The zero-order chi connectivity index (χ0) is 18.0. The molecular formula is C19H23N3O3. The first kappa shape index (κ1) is 17.2. The lowest BCUT2D eigenvalue weighted by Gasteiger charge is -2.32. The highest BCUT2D eigenvalue weighted by molar-refractivity contribution is 6.06. The number of rotatable bonds is 4. The van der Waals surface area contributed by atoms with Gasteiger partial charge < -0.3 is 19.9 Å². The normalized spacial score (nSPS) is 15.2. The number of aryl methyl sites for hydroxylation is 1. The van der Waals surface area contributed by atoms with E-state index < -0.39 is 0 Å². The van der Waals surface area contributed by atoms with Crippen molar-refractivity contribution in [3.63, 3.8) is 0 Å². The molecule has 0 unspecified atom stereocenters. The van der Waals surface area contributed by atoms with Crippen molar-refractivity contribution in [2.75, 3.05) is 23.3 Å². The second-order valence-corrected chi connectivity index (χ2v) is 6.47. The summed E-state index contributed by atoms with van der Waals surface area (Å²) in [4.78, 5) is 26.3. The fourth-order valence-corrected chi connectivity index (χ4v) is 3.13. The molecule has 6 heteroatoms. The van der Waals surface area contributed by atoms with Gasteiger partial charge in [0.2, 0.25) is 0 Å². The number of anilines is 2. The first-order chi connectivity index (χ1) is 12.0. The van der Waals surface area contributed by atoms with Crippen LogP contribution < -0.4 is 10.2 Å². The van der Waals surface area contributed by atoms with Crippen molar-refractivity contribution in [1.82, 2.24) is 4.57 Å². The number of amides is 1. The Bertz CT molecular complexity index is 789. The molecule has 1 saturated heterocycles. The SMILES string of the molecule is CC(=O)c1cc(C(=O)Nc2ccccc2N2CCC(O)CC2)n(C)c1. The number of piperidine rings is 1. The first-order valence-corrected chi connectivity index (χ1v) is 8.46. The topological polar surface area (TPSA) is 74.6 Å². The van der Waals surface area contributed by atoms with E-state index in [1.165, 1.54) is 6.92 Å². The van der Waals surface area contributed by atoms with E-state index >= 15 is 0 Å². The maximum absolute atomic E-state index is 12.7. The molecule has 25 heavy (non-hydrogen) atoms. The highest BCUT2D eigenvalue weighted by Gasteiger charge is 2.21. The molecule has 0 aliphatic carbocycles. The fraction of sp³-hybridized carbons (Fsp3) is 0.368. The maximum Gasteiger partial charge on any atom is 0.272 e. The van der Waals surface area contributed by atoms with Gasteiger partial charge in [0, 0.05) is 31.9 Å². The molecule has 1 aliphatic heterocycles. The van der Waals surface area contributed by atoms with Crippen molar-refractivity contribution in [1.29, 1.82) is 0 Å². The molecular weight excluding hydrogens is 318 g/mol. The van der Waals surface area contributed by atoms with Gasteiger partial charge in [0.05, 0.1) is 17.5 Å². The summed E-state index contributed by atoms with van der Waals surface area (Å²) >= 11 is 0. The number of aliphatic hydroxyl groups is 1. The predicted molar refractivity (Wildman–Crippen MR) is 97.3 cm³/mol. The van der Waals surface area contributed by atoms with Crippen molar-refractivity contribution in [2.24, 2.45) is 7.05 Å². The van der Waals surface area contributed by atoms with Crippen LogP contribution >= 0.6 is 0 Å². The third kappa shape index (κ3) is 3.74. The van der Waals surface area contributed by atoms with Crippen LogP contribution in [0.15, 0.2) is 36.5 Å². The second kappa shape index (κ2) is 7.11. The Labute approximate surface area is 147 Å². The van der Waals surface area contributed by atoms with Gasteiger partial charge in [0.15, 0.2) is 5.78 Å². The lowest BCUT2D eigenvalue weighted by atomic mass is 10.1. The molecule has 0 bridgehead atoms. The molecule has 1 aromatic heterocycles. The molecule has 3 rings (SSSR count). The van der Waals surface area contributed by atoms with Crippen molar-refractivity contribution in [2.45, 2.75) is 25.9 Å². The number of ketones is 1. The molecule has 0 radical (unpaired) electrons. The predicted octanol–water partition coefficient (Wildman–Crippen LogP) is 2.44. The van der Waals surface area contributed by atoms with E-state index in [0.29, 0.717) is 11.3 Å². The van der Waals surface area contributed by atoms with Crippen LogP contribution in [0.25, 0.3) is 0 Å². The van der Waals surface area contributed by atoms with E-state index in [4.69, 9.17) is 0 Å². The van der Waals surface area contributed by atoms with Gasteiger partial charge in [-0.2, -0.15) is 0 Å². The number of aromatic nitrogens is 1. The molecule has 0 atom stereocenters. The molecule has 6 nitrogen and oxygen atoms in total. The van der Waals surface area contributed by atoms with Gasteiger partial charge in [-0.1, -0.05) is 12.1 Å². The summed E-state index contributed by atoms with van der Waals surface area (Å²) in [7, 11) is 1.75. The highest BCUT2D eigenvalue weighted by atomic mass is 16.3. The number of carbonyl (C=O) groups excluding carboxylic acids is 2. The van der Waals surface area contributed by atoms with Crippen LogP contribution in [0.2, 0.25) is 0 Å². The summed E-state index contributed by atoms with van der Waals surface area (Å²) in [6.45, 7) is 3.00. The monoisotopic (exact) mass is 341 g/mol. The minimum Gasteiger partial charge on any atom is -0.393 e. The molecule has 1 aromatic carbocycles. The zero-order valence-corrected chi connectivity index (χ0v) is 14.5. The third-order valence-electron chi connectivity index (χ3n) is 4.60. The van der Waals surface area contributed by atoms with E-state index in [0.717, 1.165) is 37.3 Å².